The predicted molar refractivity (Wildman–Crippen MR) is 88.4 cm³/mol. The molecule has 3 rings (SSSR count). The minimum Gasteiger partial charge on any atom is -0.409 e. The molecule has 0 bridgehead atoms. The summed E-state index contributed by atoms with van der Waals surface area (Å²) in [5.41, 5.74) is 7.48. The summed E-state index contributed by atoms with van der Waals surface area (Å²) in [5, 5.41) is 13.2. The molecule has 5 nitrogen and oxygen atoms in total. The molecule has 0 radical (unpaired) electrons. The Bertz CT molecular complexity index is 688. The summed E-state index contributed by atoms with van der Waals surface area (Å²) in [6.07, 6.45) is 0. The molecule has 1 fully saturated rings. The summed E-state index contributed by atoms with van der Waals surface area (Å²) in [6.45, 7) is 3.10. The van der Waals surface area contributed by atoms with Gasteiger partial charge in [-0.1, -0.05) is 23.4 Å². The number of hydrogen-bond donors (Lipinski definition) is 2. The van der Waals surface area contributed by atoms with Gasteiger partial charge >= 0.3 is 0 Å². The first-order valence-corrected chi connectivity index (χ1v) is 8.08. The third kappa shape index (κ3) is 2.63. The summed E-state index contributed by atoms with van der Waals surface area (Å²) in [6, 6.07) is 10.2. The van der Waals surface area contributed by atoms with E-state index in [-0.39, 0.29) is 5.84 Å². The lowest BCUT2D eigenvalue weighted by molar-refractivity contribution is 0.318. The molecule has 110 valence electrons. The van der Waals surface area contributed by atoms with Crippen LogP contribution in [0.15, 0.2) is 35.5 Å². The number of amidine groups is 1. The Labute approximate surface area is 127 Å². The fourth-order valence-corrected chi connectivity index (χ4v) is 3.62. The van der Waals surface area contributed by atoms with Gasteiger partial charge in [-0.25, -0.2) is 4.98 Å². The molecule has 0 amide bonds. The van der Waals surface area contributed by atoms with Crippen LogP contribution in [0.3, 0.4) is 0 Å². The number of pyridine rings is 1. The van der Waals surface area contributed by atoms with Gasteiger partial charge in [-0.05, 0) is 19.1 Å². The van der Waals surface area contributed by atoms with Crippen molar-refractivity contribution in [3.63, 3.8) is 0 Å². The maximum absolute atomic E-state index is 9.06. The van der Waals surface area contributed by atoms with Crippen molar-refractivity contribution in [3.8, 4) is 0 Å². The Hall–Kier alpha value is -1.95. The average Bonchev–Trinajstić information content (AvgIpc) is 2.53. The molecule has 1 saturated heterocycles. The fraction of sp³-hybridized carbons (Fsp3) is 0.333. The van der Waals surface area contributed by atoms with Gasteiger partial charge in [-0.2, -0.15) is 11.8 Å². The van der Waals surface area contributed by atoms with E-state index in [0.29, 0.717) is 11.6 Å². The number of nitrogens with zero attached hydrogens (tertiary/aromatic N) is 3. The summed E-state index contributed by atoms with van der Waals surface area (Å²) in [5.74, 6) is 3.03. The van der Waals surface area contributed by atoms with Crippen LogP contribution in [0.2, 0.25) is 0 Å². The molecule has 2 aromatic rings. The zero-order valence-electron chi connectivity index (χ0n) is 11.9. The van der Waals surface area contributed by atoms with E-state index < -0.39 is 0 Å². The molecule has 0 spiro atoms. The highest BCUT2D eigenvalue weighted by molar-refractivity contribution is 7.99. The Morgan fingerprint density at radius 1 is 1.48 bits per heavy atom. The quantitative estimate of drug-likeness (QED) is 0.385. The average molecular weight is 302 g/mol. The smallest absolute Gasteiger partial charge is 0.173 e. The van der Waals surface area contributed by atoms with Crippen molar-refractivity contribution in [3.05, 3.63) is 35.9 Å². The normalized spacial score (nSPS) is 20.0. The minimum absolute atomic E-state index is 0.105. The van der Waals surface area contributed by atoms with E-state index in [9.17, 15) is 0 Å². The molecule has 0 saturated carbocycles. The zero-order chi connectivity index (χ0) is 14.8. The Morgan fingerprint density at radius 3 is 3.05 bits per heavy atom. The molecule has 1 aliphatic rings. The highest BCUT2D eigenvalue weighted by atomic mass is 32.2. The summed E-state index contributed by atoms with van der Waals surface area (Å²) in [7, 11) is 0. The largest absolute Gasteiger partial charge is 0.409 e. The number of aromatic nitrogens is 1. The third-order valence-electron chi connectivity index (χ3n) is 3.73. The van der Waals surface area contributed by atoms with E-state index in [0.717, 1.165) is 34.8 Å². The van der Waals surface area contributed by atoms with Crippen LogP contribution in [-0.4, -0.2) is 40.1 Å². The standard InChI is InChI=1S/C15H18N4OS/c1-10-9-21-7-6-19(10)15-12(14(16)18-20)8-11-4-2-3-5-13(11)17-15/h2-5,8,10,20H,6-7,9H2,1H3,(H2,16,18). The number of hydrogen-bond acceptors (Lipinski definition) is 5. The number of benzene rings is 1. The van der Waals surface area contributed by atoms with Crippen LogP contribution in [-0.2, 0) is 0 Å². The van der Waals surface area contributed by atoms with Crippen molar-refractivity contribution in [2.24, 2.45) is 10.9 Å². The molecule has 1 atom stereocenters. The van der Waals surface area contributed by atoms with Crippen molar-refractivity contribution in [1.29, 1.82) is 0 Å². The zero-order valence-corrected chi connectivity index (χ0v) is 12.7. The fourth-order valence-electron chi connectivity index (χ4n) is 2.61. The molecule has 1 aliphatic heterocycles. The monoisotopic (exact) mass is 302 g/mol. The lowest BCUT2D eigenvalue weighted by Gasteiger charge is -2.35. The summed E-state index contributed by atoms with van der Waals surface area (Å²) < 4.78 is 0. The van der Waals surface area contributed by atoms with Gasteiger partial charge in [0.1, 0.15) is 5.82 Å². The van der Waals surface area contributed by atoms with E-state index in [1.54, 1.807) is 0 Å². The number of rotatable bonds is 2. The van der Waals surface area contributed by atoms with Crippen LogP contribution in [0.4, 0.5) is 5.82 Å². The third-order valence-corrected chi connectivity index (χ3v) is 4.92. The van der Waals surface area contributed by atoms with E-state index in [1.807, 2.05) is 42.1 Å². The summed E-state index contributed by atoms with van der Waals surface area (Å²) in [4.78, 5) is 7.01. The molecule has 2 heterocycles. The van der Waals surface area contributed by atoms with E-state index in [2.05, 4.69) is 17.0 Å². The van der Waals surface area contributed by atoms with Gasteiger partial charge < -0.3 is 15.8 Å². The molecule has 1 unspecified atom stereocenters. The molecule has 21 heavy (non-hydrogen) atoms. The second-order valence-electron chi connectivity index (χ2n) is 5.15. The topological polar surface area (TPSA) is 74.7 Å². The van der Waals surface area contributed by atoms with Crippen LogP contribution in [0.5, 0.6) is 0 Å². The predicted octanol–water partition coefficient (Wildman–Crippen LogP) is 2.27. The van der Waals surface area contributed by atoms with Crippen molar-refractivity contribution in [2.45, 2.75) is 13.0 Å². The Kier molecular flexibility index (Phi) is 3.88. The van der Waals surface area contributed by atoms with Gasteiger partial charge in [0.15, 0.2) is 5.84 Å². The van der Waals surface area contributed by atoms with Crippen LogP contribution < -0.4 is 10.6 Å². The SMILES string of the molecule is CC1CSCCN1c1nc2ccccc2cc1C(N)=NO. The van der Waals surface area contributed by atoms with Crippen molar-refractivity contribution < 1.29 is 5.21 Å². The molecular weight excluding hydrogens is 284 g/mol. The van der Waals surface area contributed by atoms with Crippen LogP contribution in [0.25, 0.3) is 10.9 Å². The number of nitrogens with two attached hydrogens (primary N) is 1. The lowest BCUT2D eigenvalue weighted by Crippen LogP contribution is -2.42. The first kappa shape index (κ1) is 14.0. The molecule has 1 aromatic heterocycles. The summed E-state index contributed by atoms with van der Waals surface area (Å²) >= 11 is 1.94. The first-order valence-electron chi connectivity index (χ1n) is 6.93. The van der Waals surface area contributed by atoms with Crippen molar-refractivity contribution in [1.82, 2.24) is 4.98 Å². The van der Waals surface area contributed by atoms with Gasteiger partial charge in [-0.15, -0.1) is 0 Å². The molecule has 6 heteroatoms. The number of oxime groups is 1. The number of para-hydroxylation sites is 1. The van der Waals surface area contributed by atoms with Crippen LogP contribution >= 0.6 is 11.8 Å². The van der Waals surface area contributed by atoms with Crippen LogP contribution in [0.1, 0.15) is 12.5 Å². The highest BCUT2D eigenvalue weighted by Crippen LogP contribution is 2.28. The first-order chi connectivity index (χ1) is 10.2. The van der Waals surface area contributed by atoms with Gasteiger partial charge in [0.2, 0.25) is 0 Å². The van der Waals surface area contributed by atoms with Crippen molar-refractivity contribution >= 4 is 34.3 Å². The molecule has 1 aromatic carbocycles. The minimum atomic E-state index is 0.105. The van der Waals surface area contributed by atoms with Crippen molar-refractivity contribution in [2.75, 3.05) is 23.0 Å². The lowest BCUT2D eigenvalue weighted by atomic mass is 10.1. The van der Waals surface area contributed by atoms with E-state index in [4.69, 9.17) is 15.9 Å². The Morgan fingerprint density at radius 2 is 2.29 bits per heavy atom. The van der Waals surface area contributed by atoms with Gasteiger partial charge in [-0.3, -0.25) is 0 Å². The van der Waals surface area contributed by atoms with Gasteiger partial charge in [0.05, 0.1) is 11.1 Å². The second kappa shape index (κ2) is 5.81. The van der Waals surface area contributed by atoms with Gasteiger partial charge in [0, 0.05) is 29.5 Å². The van der Waals surface area contributed by atoms with Gasteiger partial charge in [0.25, 0.3) is 0 Å². The van der Waals surface area contributed by atoms with E-state index >= 15 is 0 Å². The second-order valence-corrected chi connectivity index (χ2v) is 6.30. The number of thioether (sulfide) groups is 1. The van der Waals surface area contributed by atoms with E-state index in [1.165, 1.54) is 0 Å². The Balaban J connectivity index is 2.18. The molecule has 3 N–H and O–H groups in total. The highest BCUT2D eigenvalue weighted by Gasteiger charge is 2.24. The molecule has 0 aliphatic carbocycles. The number of anilines is 1. The maximum Gasteiger partial charge on any atom is 0.173 e. The number of fused-ring (bicyclic) bond motifs is 1. The van der Waals surface area contributed by atoms with Crippen LogP contribution in [0, 0.1) is 0 Å². The maximum atomic E-state index is 9.06. The molecular formula is C15H18N4OS.